The highest BCUT2D eigenvalue weighted by Crippen LogP contribution is 2.24. The van der Waals surface area contributed by atoms with Gasteiger partial charge in [-0.2, -0.15) is 0 Å². The average molecular weight is 554 g/mol. The Morgan fingerprint density at radius 1 is 0.897 bits per heavy atom. The van der Waals surface area contributed by atoms with Crippen LogP contribution in [0.3, 0.4) is 0 Å². The number of halogens is 1. The number of hydrogen-bond acceptors (Lipinski definition) is 4. The van der Waals surface area contributed by atoms with Crippen molar-refractivity contribution in [2.75, 3.05) is 23.9 Å². The highest BCUT2D eigenvalue weighted by molar-refractivity contribution is 7.92. The van der Waals surface area contributed by atoms with E-state index < -0.39 is 34.3 Å². The molecule has 0 saturated heterocycles. The summed E-state index contributed by atoms with van der Waals surface area (Å²) in [4.78, 5) is 28.5. The second kappa shape index (κ2) is 14.4. The van der Waals surface area contributed by atoms with Crippen molar-refractivity contribution in [3.8, 4) is 0 Å². The number of hydrogen-bond donors (Lipinski definition) is 1. The number of amides is 2. The van der Waals surface area contributed by atoms with Crippen LogP contribution >= 0.6 is 0 Å². The Balaban J connectivity index is 1.96. The van der Waals surface area contributed by atoms with Crippen molar-refractivity contribution in [2.24, 2.45) is 0 Å². The monoisotopic (exact) mass is 553 g/mol. The molecule has 0 heterocycles. The zero-order valence-corrected chi connectivity index (χ0v) is 23.2. The van der Waals surface area contributed by atoms with Gasteiger partial charge in [0.2, 0.25) is 11.8 Å². The van der Waals surface area contributed by atoms with Crippen LogP contribution < -0.4 is 9.62 Å². The number of carbonyl (C=O) groups is 2. The Kier molecular flexibility index (Phi) is 11.0. The van der Waals surface area contributed by atoms with Gasteiger partial charge in [0.15, 0.2) is 0 Å². The average Bonchev–Trinajstić information content (AvgIpc) is 2.95. The molecule has 0 saturated carbocycles. The first kappa shape index (κ1) is 29.8. The van der Waals surface area contributed by atoms with Crippen molar-refractivity contribution in [1.82, 2.24) is 10.2 Å². The predicted octanol–water partition coefficient (Wildman–Crippen LogP) is 4.79. The Bertz CT molecular complexity index is 1300. The minimum Gasteiger partial charge on any atom is -0.354 e. The van der Waals surface area contributed by atoms with Crippen LogP contribution in [-0.4, -0.2) is 50.8 Å². The molecule has 0 aliphatic carbocycles. The molecule has 3 aromatic rings. The fraction of sp³-hybridized carbons (Fsp3) is 0.333. The van der Waals surface area contributed by atoms with Crippen LogP contribution in [0.25, 0.3) is 0 Å². The van der Waals surface area contributed by atoms with Crippen LogP contribution in [0, 0.1) is 5.82 Å². The molecule has 39 heavy (non-hydrogen) atoms. The summed E-state index contributed by atoms with van der Waals surface area (Å²) in [6.45, 7) is 4.03. The maximum Gasteiger partial charge on any atom is 0.264 e. The van der Waals surface area contributed by atoms with Gasteiger partial charge in [0.25, 0.3) is 10.0 Å². The van der Waals surface area contributed by atoms with Gasteiger partial charge in [-0.15, -0.1) is 0 Å². The standard InChI is InChI=1S/C30H36FN3O4S/c1-3-5-21-32-30(36)28(4-2)33(22-20-24-12-8-6-9-13-24)29(35)23-34(26-18-16-25(31)17-19-26)39(37,38)27-14-10-7-11-15-27/h6-19,28H,3-5,20-23H2,1-2H3,(H,32,36)/t28-/m0/s1. The van der Waals surface area contributed by atoms with Gasteiger partial charge in [0, 0.05) is 13.1 Å². The van der Waals surface area contributed by atoms with Crippen molar-refractivity contribution in [3.63, 3.8) is 0 Å². The van der Waals surface area contributed by atoms with Gasteiger partial charge < -0.3 is 10.2 Å². The Morgan fingerprint density at radius 2 is 1.51 bits per heavy atom. The Hall–Kier alpha value is -3.72. The van der Waals surface area contributed by atoms with E-state index in [-0.39, 0.29) is 23.0 Å². The van der Waals surface area contributed by atoms with Crippen molar-refractivity contribution in [1.29, 1.82) is 0 Å². The molecule has 2 amide bonds. The van der Waals surface area contributed by atoms with Gasteiger partial charge in [-0.1, -0.05) is 68.8 Å². The molecule has 7 nitrogen and oxygen atoms in total. The lowest BCUT2D eigenvalue weighted by molar-refractivity contribution is -0.139. The molecule has 0 spiro atoms. The molecule has 3 rings (SSSR count). The highest BCUT2D eigenvalue weighted by Gasteiger charge is 2.33. The SMILES string of the molecule is CCCCNC(=O)[C@H](CC)N(CCc1ccccc1)C(=O)CN(c1ccc(F)cc1)S(=O)(=O)c1ccccc1. The fourth-order valence-electron chi connectivity index (χ4n) is 4.26. The third-order valence-electron chi connectivity index (χ3n) is 6.42. The maximum atomic E-state index is 13.9. The maximum absolute atomic E-state index is 13.9. The third kappa shape index (κ3) is 8.13. The number of nitrogens with zero attached hydrogens (tertiary/aromatic N) is 2. The minimum atomic E-state index is -4.17. The molecule has 0 bridgehead atoms. The summed E-state index contributed by atoms with van der Waals surface area (Å²) in [7, 11) is -4.17. The van der Waals surface area contributed by atoms with Gasteiger partial charge in [0.1, 0.15) is 18.4 Å². The molecule has 0 aliphatic heterocycles. The zero-order chi connectivity index (χ0) is 28.3. The largest absolute Gasteiger partial charge is 0.354 e. The van der Waals surface area contributed by atoms with Gasteiger partial charge >= 0.3 is 0 Å². The van der Waals surface area contributed by atoms with Crippen molar-refractivity contribution in [2.45, 2.75) is 50.5 Å². The normalized spacial score (nSPS) is 12.0. The topological polar surface area (TPSA) is 86.8 Å². The molecule has 0 aromatic heterocycles. The number of benzene rings is 3. The lowest BCUT2D eigenvalue weighted by Gasteiger charge is -2.33. The minimum absolute atomic E-state index is 0.00214. The smallest absolute Gasteiger partial charge is 0.264 e. The quantitative estimate of drug-likeness (QED) is 0.291. The number of unbranched alkanes of at least 4 members (excludes halogenated alkanes) is 1. The highest BCUT2D eigenvalue weighted by atomic mass is 32.2. The zero-order valence-electron chi connectivity index (χ0n) is 22.4. The lowest BCUT2D eigenvalue weighted by atomic mass is 10.1. The molecular formula is C30H36FN3O4S. The fourth-order valence-corrected chi connectivity index (χ4v) is 5.69. The molecule has 1 atom stereocenters. The number of sulfonamides is 1. The van der Waals surface area contributed by atoms with Crippen molar-refractivity contribution < 1.29 is 22.4 Å². The number of rotatable bonds is 14. The van der Waals surface area contributed by atoms with E-state index in [1.807, 2.05) is 44.2 Å². The van der Waals surface area contributed by atoms with Crippen molar-refractivity contribution >= 4 is 27.5 Å². The van der Waals surface area contributed by atoms with Crippen LogP contribution in [-0.2, 0) is 26.0 Å². The molecule has 0 aliphatic rings. The predicted molar refractivity (Wildman–Crippen MR) is 151 cm³/mol. The molecule has 1 N–H and O–H groups in total. The summed E-state index contributed by atoms with van der Waals surface area (Å²) >= 11 is 0. The molecule has 0 radical (unpaired) electrons. The first-order chi connectivity index (χ1) is 18.8. The summed E-state index contributed by atoms with van der Waals surface area (Å²) in [5.74, 6) is -1.32. The summed E-state index contributed by atoms with van der Waals surface area (Å²) < 4.78 is 42.0. The third-order valence-corrected chi connectivity index (χ3v) is 8.21. The number of anilines is 1. The summed E-state index contributed by atoms with van der Waals surface area (Å²) in [6, 6.07) is 21.5. The van der Waals surface area contributed by atoms with E-state index in [9.17, 15) is 22.4 Å². The van der Waals surface area contributed by atoms with Crippen LogP contribution in [0.4, 0.5) is 10.1 Å². The number of carbonyl (C=O) groups excluding carboxylic acids is 2. The van der Waals surface area contributed by atoms with E-state index in [1.165, 1.54) is 29.2 Å². The molecule has 0 unspecified atom stereocenters. The van der Waals surface area contributed by atoms with E-state index >= 15 is 0 Å². The molecule has 9 heteroatoms. The van der Waals surface area contributed by atoms with Crippen molar-refractivity contribution in [3.05, 3.63) is 96.3 Å². The van der Waals surface area contributed by atoms with Gasteiger partial charge in [-0.3, -0.25) is 13.9 Å². The van der Waals surface area contributed by atoms with Crippen LogP contribution in [0.1, 0.15) is 38.7 Å². The number of nitrogens with one attached hydrogen (secondary N) is 1. The van der Waals surface area contributed by atoms with Gasteiger partial charge in [-0.05, 0) is 61.2 Å². The molecule has 3 aromatic carbocycles. The van der Waals surface area contributed by atoms with E-state index in [0.717, 1.165) is 34.8 Å². The molecule has 0 fully saturated rings. The Morgan fingerprint density at radius 3 is 2.10 bits per heavy atom. The van der Waals surface area contributed by atoms with Gasteiger partial charge in [0.05, 0.1) is 10.6 Å². The second-order valence-corrected chi connectivity index (χ2v) is 11.1. The summed E-state index contributed by atoms with van der Waals surface area (Å²) in [5, 5.41) is 2.91. The summed E-state index contributed by atoms with van der Waals surface area (Å²) in [5.41, 5.74) is 1.14. The van der Waals surface area contributed by atoms with E-state index in [2.05, 4.69) is 5.32 Å². The first-order valence-electron chi connectivity index (χ1n) is 13.2. The lowest BCUT2D eigenvalue weighted by Crippen LogP contribution is -2.53. The van der Waals surface area contributed by atoms with Crippen LogP contribution in [0.5, 0.6) is 0 Å². The van der Waals surface area contributed by atoms with E-state index in [0.29, 0.717) is 19.4 Å². The first-order valence-corrected chi connectivity index (χ1v) is 14.7. The van der Waals surface area contributed by atoms with Crippen LogP contribution in [0.15, 0.2) is 89.8 Å². The Labute approximate surface area is 230 Å². The van der Waals surface area contributed by atoms with E-state index in [4.69, 9.17) is 0 Å². The molecular weight excluding hydrogens is 517 g/mol. The van der Waals surface area contributed by atoms with Crippen LogP contribution in [0.2, 0.25) is 0 Å². The van der Waals surface area contributed by atoms with Gasteiger partial charge in [-0.25, -0.2) is 12.8 Å². The molecule has 208 valence electrons. The second-order valence-electron chi connectivity index (χ2n) is 9.19. The van der Waals surface area contributed by atoms with E-state index in [1.54, 1.807) is 18.2 Å². The summed E-state index contributed by atoms with van der Waals surface area (Å²) in [6.07, 6.45) is 2.58.